The van der Waals surface area contributed by atoms with Crippen LogP contribution in [0.3, 0.4) is 0 Å². The summed E-state index contributed by atoms with van der Waals surface area (Å²) in [4.78, 5) is 4.84. The topological polar surface area (TPSA) is 32.5 Å². The number of benzene rings is 1. The van der Waals surface area contributed by atoms with Gasteiger partial charge in [0.25, 0.3) is 0 Å². The number of nitrogens with zero attached hydrogens (tertiary/aromatic N) is 2. The first-order valence-corrected chi connectivity index (χ1v) is 7.78. The van der Waals surface area contributed by atoms with Crippen molar-refractivity contribution in [2.75, 3.05) is 27.2 Å². The highest BCUT2D eigenvalue weighted by atomic mass is 35.5. The molecule has 0 aromatic heterocycles. The van der Waals surface area contributed by atoms with E-state index in [1.807, 2.05) is 18.2 Å². The highest BCUT2D eigenvalue weighted by molar-refractivity contribution is 6.30. The van der Waals surface area contributed by atoms with E-state index in [1.165, 1.54) is 18.4 Å². The fraction of sp³-hybridized carbons (Fsp3) is 0.625. The van der Waals surface area contributed by atoms with Gasteiger partial charge in [-0.15, -0.1) is 0 Å². The number of halogens is 1. The highest BCUT2D eigenvalue weighted by Crippen LogP contribution is 2.29. The Hall–Kier alpha value is -0.610. The zero-order valence-electron chi connectivity index (χ0n) is 12.7. The molecule has 0 aliphatic carbocycles. The molecule has 2 atom stereocenters. The van der Waals surface area contributed by atoms with Crippen molar-refractivity contribution < 1.29 is 0 Å². The van der Waals surface area contributed by atoms with E-state index in [9.17, 15) is 0 Å². The summed E-state index contributed by atoms with van der Waals surface area (Å²) in [5.41, 5.74) is 7.48. The zero-order valence-corrected chi connectivity index (χ0v) is 13.5. The smallest absolute Gasteiger partial charge is 0.0497 e. The second kappa shape index (κ2) is 6.90. The van der Waals surface area contributed by atoms with E-state index in [-0.39, 0.29) is 12.1 Å². The van der Waals surface area contributed by atoms with Crippen molar-refractivity contribution in [1.29, 1.82) is 0 Å². The molecule has 0 saturated carbocycles. The van der Waals surface area contributed by atoms with Crippen molar-refractivity contribution in [1.82, 2.24) is 9.80 Å². The summed E-state index contributed by atoms with van der Waals surface area (Å²) in [7, 11) is 4.33. The number of hydrogen-bond acceptors (Lipinski definition) is 3. The van der Waals surface area contributed by atoms with Crippen LogP contribution in [0.25, 0.3) is 0 Å². The van der Waals surface area contributed by atoms with Gasteiger partial charge in [0.05, 0.1) is 0 Å². The molecule has 3 nitrogen and oxygen atoms in total. The van der Waals surface area contributed by atoms with Crippen molar-refractivity contribution in [3.63, 3.8) is 0 Å². The molecule has 1 heterocycles. The van der Waals surface area contributed by atoms with E-state index >= 15 is 0 Å². The highest BCUT2D eigenvalue weighted by Gasteiger charge is 2.29. The van der Waals surface area contributed by atoms with E-state index in [4.69, 9.17) is 17.3 Å². The Labute approximate surface area is 127 Å². The summed E-state index contributed by atoms with van der Waals surface area (Å²) >= 11 is 6.13. The number of piperidine rings is 1. The van der Waals surface area contributed by atoms with Gasteiger partial charge in [0.1, 0.15) is 0 Å². The number of likely N-dealkylation sites (tertiary alicyclic amines) is 1. The minimum atomic E-state index is 0.101. The van der Waals surface area contributed by atoms with Crippen molar-refractivity contribution in [2.45, 2.75) is 37.9 Å². The van der Waals surface area contributed by atoms with Gasteiger partial charge in [-0.05, 0) is 51.6 Å². The Morgan fingerprint density at radius 1 is 1.30 bits per heavy atom. The van der Waals surface area contributed by atoms with Crippen LogP contribution in [0.15, 0.2) is 24.3 Å². The second-order valence-electron chi connectivity index (χ2n) is 6.09. The van der Waals surface area contributed by atoms with Gasteiger partial charge in [-0.25, -0.2) is 0 Å². The third-order valence-electron chi connectivity index (χ3n) is 4.31. The molecule has 112 valence electrons. The maximum Gasteiger partial charge on any atom is 0.0497 e. The number of rotatable bonds is 4. The molecule has 4 heteroatoms. The number of nitrogens with two attached hydrogens (primary N) is 1. The van der Waals surface area contributed by atoms with Crippen molar-refractivity contribution in [3.05, 3.63) is 34.9 Å². The van der Waals surface area contributed by atoms with E-state index in [2.05, 4.69) is 36.9 Å². The molecule has 1 aliphatic heterocycles. The predicted octanol–water partition coefficient (Wildman–Crippen LogP) is 2.75. The Morgan fingerprint density at radius 3 is 2.45 bits per heavy atom. The molecular weight excluding hydrogens is 270 g/mol. The monoisotopic (exact) mass is 295 g/mol. The third-order valence-corrected chi connectivity index (χ3v) is 4.55. The van der Waals surface area contributed by atoms with Crippen LogP contribution >= 0.6 is 11.6 Å². The Kier molecular flexibility index (Phi) is 5.44. The number of hydrogen-bond donors (Lipinski definition) is 1. The Bertz CT molecular complexity index is 425. The summed E-state index contributed by atoms with van der Waals surface area (Å²) in [6.07, 6.45) is 2.41. The van der Waals surface area contributed by atoms with Crippen LogP contribution in [0, 0.1) is 0 Å². The molecule has 2 rings (SSSR count). The first-order chi connectivity index (χ1) is 9.49. The summed E-state index contributed by atoms with van der Waals surface area (Å²) in [6.45, 7) is 4.28. The summed E-state index contributed by atoms with van der Waals surface area (Å²) in [5, 5.41) is 0.788. The lowest BCUT2D eigenvalue weighted by Crippen LogP contribution is -2.47. The minimum absolute atomic E-state index is 0.101. The summed E-state index contributed by atoms with van der Waals surface area (Å²) in [6, 6.07) is 9.17. The van der Waals surface area contributed by atoms with E-state index in [0.29, 0.717) is 6.04 Å². The van der Waals surface area contributed by atoms with Crippen LogP contribution < -0.4 is 5.73 Å². The molecule has 1 fully saturated rings. The van der Waals surface area contributed by atoms with Gasteiger partial charge < -0.3 is 10.6 Å². The van der Waals surface area contributed by atoms with Crippen LogP contribution in [-0.2, 0) is 0 Å². The Balaban J connectivity index is 2.11. The molecule has 0 radical (unpaired) electrons. The van der Waals surface area contributed by atoms with E-state index in [0.717, 1.165) is 18.1 Å². The third kappa shape index (κ3) is 3.73. The van der Waals surface area contributed by atoms with Crippen molar-refractivity contribution in [3.8, 4) is 0 Å². The predicted molar refractivity (Wildman–Crippen MR) is 86.1 cm³/mol. The second-order valence-corrected chi connectivity index (χ2v) is 6.53. The standard InChI is InChI=1S/C16H26ClN3/c1-12(18)16(13-5-4-6-14(17)11-13)20-9-7-15(8-10-20)19(2)3/h4-6,11-12,15-16H,7-10,18H2,1-3H3. The summed E-state index contributed by atoms with van der Waals surface area (Å²) in [5.74, 6) is 0. The van der Waals surface area contributed by atoms with Crippen molar-refractivity contribution >= 4 is 11.6 Å². The van der Waals surface area contributed by atoms with Crippen LogP contribution in [0.5, 0.6) is 0 Å². The quantitative estimate of drug-likeness (QED) is 0.927. The van der Waals surface area contributed by atoms with Gasteiger partial charge in [0.15, 0.2) is 0 Å². The van der Waals surface area contributed by atoms with Gasteiger partial charge >= 0.3 is 0 Å². The molecule has 1 saturated heterocycles. The first kappa shape index (κ1) is 15.8. The SMILES string of the molecule is CC(N)C(c1cccc(Cl)c1)N1CCC(N(C)C)CC1. The fourth-order valence-electron chi connectivity index (χ4n) is 3.22. The molecule has 0 bridgehead atoms. The lowest BCUT2D eigenvalue weighted by molar-refractivity contribution is 0.0983. The largest absolute Gasteiger partial charge is 0.326 e. The van der Waals surface area contributed by atoms with Crippen LogP contribution in [0.2, 0.25) is 5.02 Å². The Morgan fingerprint density at radius 2 is 1.95 bits per heavy atom. The molecule has 20 heavy (non-hydrogen) atoms. The van der Waals surface area contributed by atoms with Gasteiger partial charge in [-0.2, -0.15) is 0 Å². The molecule has 2 unspecified atom stereocenters. The molecule has 0 amide bonds. The molecule has 1 aromatic rings. The van der Waals surface area contributed by atoms with E-state index in [1.54, 1.807) is 0 Å². The first-order valence-electron chi connectivity index (χ1n) is 7.40. The van der Waals surface area contributed by atoms with Gasteiger partial charge in [0, 0.05) is 36.2 Å². The maximum absolute atomic E-state index is 6.25. The van der Waals surface area contributed by atoms with Gasteiger partial charge in [-0.1, -0.05) is 23.7 Å². The maximum atomic E-state index is 6.25. The van der Waals surface area contributed by atoms with Crippen LogP contribution in [-0.4, -0.2) is 49.1 Å². The van der Waals surface area contributed by atoms with Crippen LogP contribution in [0.4, 0.5) is 0 Å². The molecule has 2 N–H and O–H groups in total. The van der Waals surface area contributed by atoms with Gasteiger partial charge in [-0.3, -0.25) is 4.90 Å². The molecule has 1 aliphatic rings. The van der Waals surface area contributed by atoms with E-state index < -0.39 is 0 Å². The molecule has 1 aromatic carbocycles. The normalized spacial score (nSPS) is 21.1. The average molecular weight is 296 g/mol. The zero-order chi connectivity index (χ0) is 14.7. The minimum Gasteiger partial charge on any atom is -0.326 e. The molecular formula is C16H26ClN3. The van der Waals surface area contributed by atoms with Crippen molar-refractivity contribution in [2.24, 2.45) is 5.73 Å². The van der Waals surface area contributed by atoms with Crippen LogP contribution in [0.1, 0.15) is 31.4 Å². The van der Waals surface area contributed by atoms with Gasteiger partial charge in [0.2, 0.25) is 0 Å². The lowest BCUT2D eigenvalue weighted by Gasteiger charge is -2.41. The lowest BCUT2D eigenvalue weighted by atomic mass is 9.95. The average Bonchev–Trinajstić information content (AvgIpc) is 2.39. The molecule has 0 spiro atoms. The summed E-state index contributed by atoms with van der Waals surface area (Å²) < 4.78 is 0. The fourth-order valence-corrected chi connectivity index (χ4v) is 3.42.